The highest BCUT2D eigenvalue weighted by molar-refractivity contribution is 7.93. The predicted molar refractivity (Wildman–Crippen MR) is 125 cm³/mol. The number of thiazole rings is 1. The molecule has 2 N–H and O–H groups in total. The number of nitrogens with one attached hydrogen (secondary N) is 2. The molecule has 170 valence electrons. The first-order valence-corrected chi connectivity index (χ1v) is 12.7. The minimum atomic E-state index is -3.87. The van der Waals surface area contributed by atoms with Gasteiger partial charge in [0.05, 0.1) is 22.7 Å². The maximum absolute atomic E-state index is 12.9. The average Bonchev–Trinajstić information content (AvgIpc) is 3.40. The van der Waals surface area contributed by atoms with Crippen molar-refractivity contribution >= 4 is 49.7 Å². The third kappa shape index (κ3) is 4.05. The fourth-order valence-corrected chi connectivity index (χ4v) is 5.85. The van der Waals surface area contributed by atoms with Crippen molar-refractivity contribution < 1.29 is 22.7 Å². The third-order valence-electron chi connectivity index (χ3n) is 5.38. The lowest BCUT2D eigenvalue weighted by Crippen LogP contribution is -2.39. The highest BCUT2D eigenvalue weighted by Gasteiger charge is 2.26. The van der Waals surface area contributed by atoms with Crippen LogP contribution in [0.4, 0.5) is 16.5 Å². The minimum absolute atomic E-state index is 0.0158. The van der Waals surface area contributed by atoms with Crippen molar-refractivity contribution in [1.82, 2.24) is 4.98 Å². The van der Waals surface area contributed by atoms with Gasteiger partial charge in [-0.05, 0) is 48.4 Å². The Morgan fingerprint density at radius 1 is 1.21 bits per heavy atom. The summed E-state index contributed by atoms with van der Waals surface area (Å²) in [6, 6.07) is 9.98. The maximum Gasteiger partial charge on any atom is 0.265 e. The Bertz CT molecular complexity index is 1380. The first-order valence-electron chi connectivity index (χ1n) is 10.3. The molecule has 33 heavy (non-hydrogen) atoms. The number of ether oxygens (including phenoxy) is 1. The molecule has 3 aromatic rings. The van der Waals surface area contributed by atoms with E-state index in [0.717, 1.165) is 23.3 Å². The smallest absolute Gasteiger partial charge is 0.265 e. The molecule has 0 saturated heterocycles. The van der Waals surface area contributed by atoms with Crippen LogP contribution in [-0.2, 0) is 26.0 Å². The second-order valence-corrected chi connectivity index (χ2v) is 10.2. The molecule has 0 radical (unpaired) electrons. The summed E-state index contributed by atoms with van der Waals surface area (Å²) in [7, 11) is -3.87. The third-order valence-corrected chi connectivity index (χ3v) is 7.61. The normalized spacial score (nSPS) is 15.0. The van der Waals surface area contributed by atoms with E-state index < -0.39 is 10.0 Å². The molecule has 0 unspecified atom stereocenters. The number of hydrogen-bond acceptors (Lipinski definition) is 7. The van der Waals surface area contributed by atoms with E-state index >= 15 is 0 Å². The minimum Gasteiger partial charge on any atom is -0.482 e. The van der Waals surface area contributed by atoms with Crippen molar-refractivity contribution in [3.05, 3.63) is 47.3 Å². The molecule has 2 aromatic carbocycles. The Morgan fingerprint density at radius 3 is 2.88 bits per heavy atom. The Labute approximate surface area is 194 Å². The summed E-state index contributed by atoms with van der Waals surface area (Å²) in [6.45, 7) is 2.60. The lowest BCUT2D eigenvalue weighted by atomic mass is 10.1. The zero-order valence-corrected chi connectivity index (χ0v) is 19.3. The molecule has 11 heteroatoms. The summed E-state index contributed by atoms with van der Waals surface area (Å²) >= 11 is 1.16. The number of hydrogen-bond donors (Lipinski definition) is 2. The van der Waals surface area contributed by atoms with Gasteiger partial charge in [0, 0.05) is 23.2 Å². The summed E-state index contributed by atoms with van der Waals surface area (Å²) in [4.78, 5) is 30.0. The molecular weight excluding hydrogens is 464 g/mol. The van der Waals surface area contributed by atoms with Crippen LogP contribution in [-0.4, -0.2) is 38.4 Å². The van der Waals surface area contributed by atoms with E-state index in [2.05, 4.69) is 15.0 Å². The number of amides is 2. The number of nitrogens with zero attached hydrogens (tertiary/aromatic N) is 2. The van der Waals surface area contributed by atoms with Crippen molar-refractivity contribution in [3.63, 3.8) is 0 Å². The molecule has 0 spiro atoms. The number of anilines is 3. The molecule has 2 aliphatic rings. The monoisotopic (exact) mass is 484 g/mol. The molecule has 0 saturated carbocycles. The number of carbonyl (C=O) groups excluding carboxylic acids is 2. The first-order chi connectivity index (χ1) is 15.8. The Kier molecular flexibility index (Phi) is 5.29. The summed E-state index contributed by atoms with van der Waals surface area (Å²) in [5.41, 5.74) is 3.28. The lowest BCUT2D eigenvalue weighted by Gasteiger charge is -2.29. The van der Waals surface area contributed by atoms with Gasteiger partial charge in [-0.15, -0.1) is 11.3 Å². The van der Waals surface area contributed by atoms with Crippen LogP contribution < -0.4 is 19.7 Å². The Morgan fingerprint density at radius 2 is 2.06 bits per heavy atom. The van der Waals surface area contributed by atoms with Gasteiger partial charge in [-0.25, -0.2) is 13.4 Å². The first kappa shape index (κ1) is 21.4. The molecule has 0 atom stereocenters. The summed E-state index contributed by atoms with van der Waals surface area (Å²) in [5.74, 6) is 0.374. The zero-order valence-electron chi connectivity index (χ0n) is 17.6. The highest BCUT2D eigenvalue weighted by Crippen LogP contribution is 2.37. The maximum atomic E-state index is 12.9. The van der Waals surface area contributed by atoms with Crippen LogP contribution in [0.1, 0.15) is 18.9 Å². The lowest BCUT2D eigenvalue weighted by molar-refractivity contribution is -0.121. The topological polar surface area (TPSA) is 118 Å². The van der Waals surface area contributed by atoms with Crippen molar-refractivity contribution in [2.24, 2.45) is 0 Å². The van der Waals surface area contributed by atoms with E-state index in [1.807, 2.05) is 19.1 Å². The van der Waals surface area contributed by atoms with Gasteiger partial charge in [0.15, 0.2) is 11.7 Å². The molecule has 1 aromatic heterocycles. The Balaban J connectivity index is 1.39. The van der Waals surface area contributed by atoms with Crippen LogP contribution in [0.3, 0.4) is 0 Å². The fourth-order valence-electron chi connectivity index (χ4n) is 3.83. The van der Waals surface area contributed by atoms with Crippen LogP contribution in [0.25, 0.3) is 11.3 Å². The zero-order chi connectivity index (χ0) is 23.2. The molecule has 0 bridgehead atoms. The van der Waals surface area contributed by atoms with Crippen molar-refractivity contribution in [2.45, 2.75) is 24.7 Å². The van der Waals surface area contributed by atoms with Crippen molar-refractivity contribution in [2.75, 3.05) is 28.1 Å². The molecule has 9 nitrogen and oxygen atoms in total. The molecule has 3 heterocycles. The molecular formula is C22H20N4O5S2. The van der Waals surface area contributed by atoms with E-state index in [9.17, 15) is 18.0 Å². The predicted octanol–water partition coefficient (Wildman–Crippen LogP) is 3.24. The van der Waals surface area contributed by atoms with Crippen LogP contribution in [0.2, 0.25) is 0 Å². The quantitative estimate of drug-likeness (QED) is 0.555. The summed E-state index contributed by atoms with van der Waals surface area (Å²) in [5, 5.41) is 4.65. The second-order valence-electron chi connectivity index (χ2n) is 7.70. The van der Waals surface area contributed by atoms with E-state index in [1.54, 1.807) is 22.4 Å². The van der Waals surface area contributed by atoms with Crippen molar-refractivity contribution in [1.29, 1.82) is 0 Å². The average molecular weight is 485 g/mol. The van der Waals surface area contributed by atoms with E-state index in [1.165, 1.54) is 12.1 Å². The van der Waals surface area contributed by atoms with Gasteiger partial charge in [-0.2, -0.15) is 0 Å². The summed E-state index contributed by atoms with van der Waals surface area (Å²) < 4.78 is 33.8. The van der Waals surface area contributed by atoms with Crippen LogP contribution in [0.5, 0.6) is 5.75 Å². The molecule has 5 rings (SSSR count). The SMILES string of the molecule is CCCN1C(=O)COc2ccc(-c3csc(NS(=O)(=O)c4ccc5c(c4)CC(=O)N5)n3)cc21. The van der Waals surface area contributed by atoms with Crippen LogP contribution in [0.15, 0.2) is 46.7 Å². The van der Waals surface area contributed by atoms with Crippen LogP contribution in [0, 0.1) is 0 Å². The van der Waals surface area contributed by atoms with E-state index in [-0.39, 0.29) is 34.9 Å². The number of sulfonamides is 1. The number of carbonyl (C=O) groups is 2. The second kappa shape index (κ2) is 8.16. The Hall–Kier alpha value is -3.44. The van der Waals surface area contributed by atoms with Gasteiger partial charge in [0.2, 0.25) is 5.91 Å². The largest absolute Gasteiger partial charge is 0.482 e. The van der Waals surface area contributed by atoms with E-state index in [0.29, 0.717) is 34.9 Å². The number of aromatic nitrogens is 1. The van der Waals surface area contributed by atoms with Gasteiger partial charge in [-0.1, -0.05) is 6.92 Å². The van der Waals surface area contributed by atoms with Gasteiger partial charge < -0.3 is 15.0 Å². The van der Waals surface area contributed by atoms with Gasteiger partial charge in [-0.3, -0.25) is 14.3 Å². The van der Waals surface area contributed by atoms with Gasteiger partial charge in [0.25, 0.3) is 15.9 Å². The highest BCUT2D eigenvalue weighted by atomic mass is 32.2. The number of rotatable bonds is 6. The number of benzene rings is 2. The van der Waals surface area contributed by atoms with Gasteiger partial charge in [0.1, 0.15) is 5.75 Å². The van der Waals surface area contributed by atoms with Crippen molar-refractivity contribution in [3.8, 4) is 17.0 Å². The fraction of sp³-hybridized carbons (Fsp3) is 0.227. The van der Waals surface area contributed by atoms with E-state index in [4.69, 9.17) is 4.74 Å². The van der Waals surface area contributed by atoms with Gasteiger partial charge >= 0.3 is 0 Å². The molecule has 0 fully saturated rings. The van der Waals surface area contributed by atoms with Crippen LogP contribution >= 0.6 is 11.3 Å². The molecule has 2 aliphatic heterocycles. The molecule has 0 aliphatic carbocycles. The molecule has 2 amide bonds. The number of fused-ring (bicyclic) bond motifs is 2. The standard InChI is InChI=1S/C22H20N4O5S2/c1-2-7-26-18-9-13(3-6-19(18)31-11-21(26)28)17-12-32-22(24-17)25-33(29,30)15-4-5-16-14(8-15)10-20(27)23-16/h3-6,8-9,12H,2,7,10-11H2,1H3,(H,23,27)(H,24,25). The summed E-state index contributed by atoms with van der Waals surface area (Å²) in [6.07, 6.45) is 0.963.